The third-order valence-electron chi connectivity index (χ3n) is 3.01. The molecule has 1 heterocycles. The number of aryl methyl sites for hydroxylation is 1. The molecule has 0 aliphatic rings. The van der Waals surface area contributed by atoms with Gasteiger partial charge in [-0.15, -0.1) is 0 Å². The van der Waals surface area contributed by atoms with E-state index < -0.39 is 0 Å². The van der Waals surface area contributed by atoms with Gasteiger partial charge in [-0.3, -0.25) is 4.57 Å². The van der Waals surface area contributed by atoms with Gasteiger partial charge in [0, 0.05) is 4.47 Å². The van der Waals surface area contributed by atoms with Gasteiger partial charge in [-0.05, 0) is 52.7 Å². The lowest BCUT2D eigenvalue weighted by Crippen LogP contribution is -2.01. The van der Waals surface area contributed by atoms with Gasteiger partial charge in [0.25, 0.3) is 0 Å². The van der Waals surface area contributed by atoms with Crippen LogP contribution in [0.4, 0.5) is 10.3 Å². The minimum absolute atomic E-state index is 0.268. The standard InChI is InChI=1S/C14H11BrFN3/c1-8-5-6-11(9(15)7-8)19-12-4-2-3-10(16)13(12)18-14(19)17/h2-7H,1H3,(H2,17,18). The SMILES string of the molecule is Cc1ccc(-n2c(N)nc3c(F)cccc32)c(Br)c1. The molecule has 0 saturated heterocycles. The summed E-state index contributed by atoms with van der Waals surface area (Å²) in [5, 5.41) is 0. The Morgan fingerprint density at radius 1 is 1.26 bits per heavy atom. The van der Waals surface area contributed by atoms with E-state index in [1.54, 1.807) is 16.7 Å². The predicted octanol–water partition coefficient (Wildman–Crippen LogP) is 3.82. The second kappa shape index (κ2) is 4.35. The van der Waals surface area contributed by atoms with Crippen molar-refractivity contribution in [2.24, 2.45) is 0 Å². The van der Waals surface area contributed by atoms with Crippen LogP contribution in [0.2, 0.25) is 0 Å². The molecular weight excluding hydrogens is 309 g/mol. The number of fused-ring (bicyclic) bond motifs is 1. The highest BCUT2D eigenvalue weighted by Gasteiger charge is 2.14. The van der Waals surface area contributed by atoms with Crippen LogP contribution in [0.3, 0.4) is 0 Å². The Labute approximate surface area is 118 Å². The van der Waals surface area contributed by atoms with Gasteiger partial charge in [-0.2, -0.15) is 0 Å². The maximum absolute atomic E-state index is 13.7. The van der Waals surface area contributed by atoms with E-state index in [-0.39, 0.29) is 17.3 Å². The van der Waals surface area contributed by atoms with Crippen molar-refractivity contribution in [1.29, 1.82) is 0 Å². The van der Waals surface area contributed by atoms with Crippen molar-refractivity contribution < 1.29 is 4.39 Å². The second-order valence-electron chi connectivity index (χ2n) is 4.37. The number of hydrogen-bond acceptors (Lipinski definition) is 2. The van der Waals surface area contributed by atoms with Crippen molar-refractivity contribution in [3.63, 3.8) is 0 Å². The van der Waals surface area contributed by atoms with Gasteiger partial charge >= 0.3 is 0 Å². The topological polar surface area (TPSA) is 43.8 Å². The lowest BCUT2D eigenvalue weighted by Gasteiger charge is -2.09. The van der Waals surface area contributed by atoms with E-state index in [0.29, 0.717) is 5.52 Å². The molecule has 1 aromatic heterocycles. The molecule has 2 aromatic carbocycles. The summed E-state index contributed by atoms with van der Waals surface area (Å²) < 4.78 is 16.3. The molecule has 2 N–H and O–H groups in total. The largest absolute Gasteiger partial charge is 0.369 e. The summed E-state index contributed by atoms with van der Waals surface area (Å²) in [5.41, 5.74) is 8.84. The van der Waals surface area contributed by atoms with Gasteiger partial charge < -0.3 is 5.73 Å². The van der Waals surface area contributed by atoms with Crippen LogP contribution < -0.4 is 5.73 Å². The molecule has 96 valence electrons. The fourth-order valence-corrected chi connectivity index (χ4v) is 2.80. The maximum atomic E-state index is 13.7. The molecule has 19 heavy (non-hydrogen) atoms. The number of nitrogen functional groups attached to an aromatic ring is 1. The number of hydrogen-bond donors (Lipinski definition) is 1. The lowest BCUT2D eigenvalue weighted by atomic mass is 10.2. The van der Waals surface area contributed by atoms with Crippen LogP contribution in [-0.2, 0) is 0 Å². The fourth-order valence-electron chi connectivity index (χ4n) is 2.13. The summed E-state index contributed by atoms with van der Waals surface area (Å²) >= 11 is 3.51. The molecule has 0 amide bonds. The molecule has 0 fully saturated rings. The van der Waals surface area contributed by atoms with Gasteiger partial charge in [0.15, 0.2) is 5.82 Å². The van der Waals surface area contributed by atoms with Crippen LogP contribution in [0.1, 0.15) is 5.56 Å². The average molecular weight is 320 g/mol. The van der Waals surface area contributed by atoms with Gasteiger partial charge in [-0.1, -0.05) is 12.1 Å². The van der Waals surface area contributed by atoms with E-state index in [1.807, 2.05) is 25.1 Å². The van der Waals surface area contributed by atoms with Gasteiger partial charge in [0.05, 0.1) is 11.2 Å². The first kappa shape index (κ1) is 12.2. The van der Waals surface area contributed by atoms with E-state index in [1.165, 1.54) is 6.07 Å². The third-order valence-corrected chi connectivity index (χ3v) is 3.64. The Balaban J connectivity index is 2.36. The highest BCUT2D eigenvalue weighted by Crippen LogP contribution is 2.29. The van der Waals surface area contributed by atoms with Gasteiger partial charge in [0.2, 0.25) is 5.95 Å². The Kier molecular flexibility index (Phi) is 2.78. The Hall–Kier alpha value is -1.88. The van der Waals surface area contributed by atoms with Crippen molar-refractivity contribution in [2.45, 2.75) is 6.92 Å². The van der Waals surface area contributed by atoms with Crippen molar-refractivity contribution in [2.75, 3.05) is 5.73 Å². The summed E-state index contributed by atoms with van der Waals surface area (Å²) in [6.45, 7) is 2.00. The molecule has 3 aromatic rings. The first-order valence-corrected chi connectivity index (χ1v) is 6.56. The van der Waals surface area contributed by atoms with Crippen molar-refractivity contribution >= 4 is 32.9 Å². The molecular formula is C14H11BrFN3. The summed E-state index contributed by atoms with van der Waals surface area (Å²) in [6, 6.07) is 10.7. The zero-order chi connectivity index (χ0) is 13.6. The summed E-state index contributed by atoms with van der Waals surface area (Å²) in [4.78, 5) is 4.10. The molecule has 0 atom stereocenters. The van der Waals surface area contributed by atoms with Crippen LogP contribution in [0.25, 0.3) is 16.7 Å². The maximum Gasteiger partial charge on any atom is 0.206 e. The zero-order valence-corrected chi connectivity index (χ0v) is 11.8. The number of imidazole rings is 1. The Bertz CT molecular complexity index is 780. The van der Waals surface area contributed by atoms with E-state index >= 15 is 0 Å². The summed E-state index contributed by atoms with van der Waals surface area (Å²) in [5.74, 6) is -0.101. The zero-order valence-electron chi connectivity index (χ0n) is 10.2. The molecule has 3 nitrogen and oxygen atoms in total. The number of nitrogens with zero attached hydrogens (tertiary/aromatic N) is 2. The number of rotatable bonds is 1. The average Bonchev–Trinajstić information content (AvgIpc) is 2.68. The van der Waals surface area contributed by atoms with Gasteiger partial charge in [0.1, 0.15) is 5.52 Å². The molecule has 0 radical (unpaired) electrons. The normalized spacial score (nSPS) is 11.1. The van der Waals surface area contributed by atoms with E-state index in [4.69, 9.17) is 5.73 Å². The van der Waals surface area contributed by atoms with Crippen molar-refractivity contribution in [3.05, 3.63) is 52.3 Å². The lowest BCUT2D eigenvalue weighted by molar-refractivity contribution is 0.637. The van der Waals surface area contributed by atoms with E-state index in [9.17, 15) is 4.39 Å². The highest BCUT2D eigenvalue weighted by molar-refractivity contribution is 9.10. The predicted molar refractivity (Wildman–Crippen MR) is 77.9 cm³/mol. The van der Waals surface area contributed by atoms with Crippen LogP contribution in [0.5, 0.6) is 0 Å². The van der Waals surface area contributed by atoms with Crippen molar-refractivity contribution in [3.8, 4) is 5.69 Å². The molecule has 0 unspecified atom stereocenters. The first-order valence-electron chi connectivity index (χ1n) is 5.77. The molecule has 0 bridgehead atoms. The molecule has 0 spiro atoms. The molecule has 0 aliphatic heterocycles. The number of anilines is 1. The minimum atomic E-state index is -0.369. The van der Waals surface area contributed by atoms with Crippen LogP contribution in [0, 0.1) is 12.7 Å². The quantitative estimate of drug-likeness (QED) is 0.741. The Morgan fingerprint density at radius 2 is 2.05 bits per heavy atom. The number of halogens is 2. The van der Waals surface area contributed by atoms with E-state index in [2.05, 4.69) is 20.9 Å². The summed E-state index contributed by atoms with van der Waals surface area (Å²) in [7, 11) is 0. The van der Waals surface area contributed by atoms with Gasteiger partial charge in [-0.25, -0.2) is 9.37 Å². The van der Waals surface area contributed by atoms with Crippen LogP contribution in [-0.4, -0.2) is 9.55 Å². The molecule has 3 rings (SSSR count). The number of aromatic nitrogens is 2. The monoisotopic (exact) mass is 319 g/mol. The molecule has 5 heteroatoms. The van der Waals surface area contributed by atoms with Crippen LogP contribution in [0.15, 0.2) is 40.9 Å². The highest BCUT2D eigenvalue weighted by atomic mass is 79.9. The van der Waals surface area contributed by atoms with Crippen LogP contribution >= 0.6 is 15.9 Å². The molecule has 0 aliphatic carbocycles. The fraction of sp³-hybridized carbons (Fsp3) is 0.0714. The molecule has 0 saturated carbocycles. The second-order valence-corrected chi connectivity index (χ2v) is 5.22. The third kappa shape index (κ3) is 1.90. The number of nitrogens with two attached hydrogens (primary N) is 1. The van der Waals surface area contributed by atoms with Crippen molar-refractivity contribution in [1.82, 2.24) is 9.55 Å². The first-order chi connectivity index (χ1) is 9.08. The summed E-state index contributed by atoms with van der Waals surface area (Å²) in [6.07, 6.45) is 0. The smallest absolute Gasteiger partial charge is 0.206 e. The van der Waals surface area contributed by atoms with E-state index in [0.717, 1.165) is 15.7 Å². The number of para-hydroxylation sites is 1. The Morgan fingerprint density at radius 3 is 2.79 bits per heavy atom. The minimum Gasteiger partial charge on any atom is -0.369 e. The number of benzene rings is 2.